The Morgan fingerprint density at radius 1 is 0.679 bits per heavy atom. The van der Waals surface area contributed by atoms with Crippen molar-refractivity contribution in [1.29, 1.82) is 0 Å². The molecule has 112 heavy (non-hydrogen) atoms. The van der Waals surface area contributed by atoms with Crippen LogP contribution >= 0.6 is 0 Å². The van der Waals surface area contributed by atoms with Crippen LogP contribution in [0.5, 0.6) is 5.75 Å². The third kappa shape index (κ3) is 30.9. The molecule has 12 atom stereocenters. The molecule has 0 radical (unpaired) electrons. The zero-order valence-corrected chi connectivity index (χ0v) is 65.3. The number of hydrogen-bond acceptors (Lipinski definition) is 23. The number of aliphatic hydroxyl groups excluding tert-OH is 1. The highest BCUT2D eigenvalue weighted by Gasteiger charge is 2.43. The number of carboxylic acids is 1. The van der Waals surface area contributed by atoms with Gasteiger partial charge in [-0.25, -0.2) is 41.3 Å². The number of Topliss-reactive ketones (excluding diaryl/α,β-unsaturated/α-hetero) is 7. The van der Waals surface area contributed by atoms with Crippen LogP contribution in [0.2, 0.25) is 0 Å². The van der Waals surface area contributed by atoms with Crippen LogP contribution in [0, 0.1) is 23.5 Å². The van der Waals surface area contributed by atoms with Gasteiger partial charge in [0.2, 0.25) is 52.7 Å². The fourth-order valence-electron chi connectivity index (χ4n) is 12.8. The van der Waals surface area contributed by atoms with Crippen LogP contribution in [-0.4, -0.2) is 181 Å². The number of carbonyl (C=O) groups excluding carboxylic acids is 13. The molecule has 0 spiro atoms. The van der Waals surface area contributed by atoms with Crippen molar-refractivity contribution in [2.75, 3.05) is 6.54 Å². The van der Waals surface area contributed by atoms with E-state index in [2.05, 4.69) is 64.1 Å². The summed E-state index contributed by atoms with van der Waals surface area (Å²) in [6, 6.07) is 2.08. The third-order valence-electron chi connectivity index (χ3n) is 19.5. The molecule has 2 heterocycles. The first-order chi connectivity index (χ1) is 52.9. The first-order valence-electron chi connectivity index (χ1n) is 38.2. The maximum Gasteiger partial charge on any atom is 0.303 e. The highest BCUT2D eigenvalue weighted by atomic mass is 19.2. The molecular weight excluding hydrogens is 1450 g/mol. The molecule has 0 bridgehead atoms. The molecule has 1 aliphatic rings. The fourth-order valence-corrected chi connectivity index (χ4v) is 12.8. The number of hydrazine groups is 3. The van der Waals surface area contributed by atoms with E-state index in [-0.39, 0.29) is 80.9 Å². The Balaban J connectivity index is 1.60. The summed E-state index contributed by atoms with van der Waals surface area (Å²) in [6.07, 6.45) is 4.83. The topological polar surface area (TPSA) is 474 Å². The average Bonchev–Trinajstić information content (AvgIpc) is 1.75. The Hall–Kier alpha value is -9.54. The summed E-state index contributed by atoms with van der Waals surface area (Å²) < 4.78 is 29.4. The molecule has 0 unspecified atom stereocenters. The van der Waals surface area contributed by atoms with Crippen LogP contribution in [-0.2, 0) is 86.4 Å². The predicted molar refractivity (Wildman–Crippen MR) is 412 cm³/mol. The van der Waals surface area contributed by atoms with Crippen molar-refractivity contribution in [2.24, 2.45) is 17.6 Å². The number of aldehydes is 1. The van der Waals surface area contributed by atoms with Gasteiger partial charge in [-0.05, 0) is 176 Å². The predicted octanol–water partition coefficient (Wildman–Crippen LogP) is 4.04. The van der Waals surface area contributed by atoms with Gasteiger partial charge in [0.15, 0.2) is 29.0 Å². The summed E-state index contributed by atoms with van der Waals surface area (Å²) in [5, 5.41) is 45.5. The van der Waals surface area contributed by atoms with Gasteiger partial charge in [-0.2, -0.15) is 0 Å². The molecule has 30 nitrogen and oxygen atoms in total. The minimum absolute atomic E-state index is 0.0153. The number of phenols is 1. The van der Waals surface area contributed by atoms with E-state index >= 15 is 19.2 Å². The number of halogens is 2. The largest absolute Gasteiger partial charge is 0.508 e. The van der Waals surface area contributed by atoms with Crippen molar-refractivity contribution in [1.82, 2.24) is 64.1 Å². The lowest BCUT2D eigenvalue weighted by Crippen LogP contribution is -2.65. The van der Waals surface area contributed by atoms with Crippen molar-refractivity contribution >= 4 is 93.2 Å². The van der Waals surface area contributed by atoms with Gasteiger partial charge in [-0.1, -0.05) is 95.5 Å². The third-order valence-corrected chi connectivity index (χ3v) is 19.5. The van der Waals surface area contributed by atoms with Gasteiger partial charge in [0, 0.05) is 36.9 Å². The lowest BCUT2D eigenvalue weighted by molar-refractivity contribution is -0.143. The SMILES string of the molecule is CC(=O)N[C@@H](CC(C)C)C(=O)C(=O)[C@@H](NN[C@@H](Cc1ccc(F)c(F)c1)C(=O)N[C@]1(C)CCCCCC/C=C/CCC[C@@](C)(C=O)NC(=O)[C@H](CCC(C)C)NN[C@@H](CCC(N)=O)C(=O)CN[C@@H](C)C(=O)CC(=O)[C@H](Cc2c[nH]c3ccccc23)NN[C@@H](Cc2ccc(O)cc2)C(=O)C(=O)[C@H](CCC(=O)O)NC1=O)[C@@H](C)O. The van der Waals surface area contributed by atoms with Crippen LogP contribution in [0.3, 0.4) is 0 Å². The van der Waals surface area contributed by atoms with Crippen LogP contribution < -0.4 is 64.9 Å². The lowest BCUT2D eigenvalue weighted by Gasteiger charge is -2.34. The van der Waals surface area contributed by atoms with E-state index in [1.807, 2.05) is 26.0 Å². The molecule has 0 saturated heterocycles. The van der Waals surface area contributed by atoms with E-state index in [0.717, 1.165) is 32.0 Å². The summed E-state index contributed by atoms with van der Waals surface area (Å²) in [7, 11) is 0. The van der Waals surface area contributed by atoms with Crippen molar-refractivity contribution in [3.63, 3.8) is 0 Å². The molecule has 0 fully saturated rings. The molecular formula is C80H113F2N13O17. The number of H-pyrrole nitrogens is 1. The standard InChI is InChI=1S/C80H113F2N13O17/c1-46(2)23-30-61-76(110)88-79(8,45-96)35-19-15-13-11-10-12-14-16-20-36-80(9,89-77(111)65(40-52-26-29-56(81)57(82)38-52)94-95-71(49(6)97)75(109)73(107)63(37-47(3)4)86-50(7)98)78(112)87-60(32-34-70(104)105)72(106)74(108)64(39-51-24-27-54(99)28-25-51)93-92-62(41-53-43-85-58-22-18-17-21-55(53)58)67(101)42-66(100)48(5)84-44-68(102)59(90-91-61)31-33-69(83)103/h11,13,17-18,21-22,24-29,38,43,45-49,59-65,71,84-85,90-95,97,99H,10,12,14-16,19-20,23,30-37,39-42,44H2,1-9H3,(H2,83,103)(H,86,98)(H,87,112)(H,88,110)(H,89,111)(H,104,105)/b13-11+/t48-,49+,59-,60-,61-,62-,63-,64-,65-,71-,79-,80+/m0/s1. The molecule has 5 rings (SSSR count). The van der Waals surface area contributed by atoms with E-state index in [1.165, 1.54) is 38.1 Å². The quantitative estimate of drug-likeness (QED) is 0.0125. The number of ketones is 7. The van der Waals surface area contributed by atoms with Gasteiger partial charge in [0.25, 0.3) is 0 Å². The number of benzene rings is 3. The number of para-hydroxylation sites is 1. The Labute approximate surface area is 651 Å². The van der Waals surface area contributed by atoms with E-state index in [0.29, 0.717) is 73.3 Å². The average molecular weight is 1570 g/mol. The van der Waals surface area contributed by atoms with Crippen molar-refractivity contribution < 1.29 is 91.2 Å². The number of aromatic nitrogens is 1. The first kappa shape index (κ1) is 93.1. The Morgan fingerprint density at radius 2 is 1.31 bits per heavy atom. The van der Waals surface area contributed by atoms with Gasteiger partial charge in [0.05, 0.1) is 66.9 Å². The highest BCUT2D eigenvalue weighted by molar-refractivity contribution is 6.42. The van der Waals surface area contributed by atoms with Gasteiger partial charge < -0.3 is 57.4 Å². The number of phenolic OH excluding ortho intramolecular Hbond substituents is 1. The number of carbonyl (C=O) groups is 14. The maximum atomic E-state index is 15.4. The monoisotopic (exact) mass is 1570 g/mol. The molecule has 3 aromatic carbocycles. The van der Waals surface area contributed by atoms with Crippen molar-refractivity contribution in [3.8, 4) is 5.75 Å². The number of allylic oxidation sites excluding steroid dienone is 2. The number of carboxylic acid groups (broad SMARTS) is 1. The first-order valence-corrected chi connectivity index (χ1v) is 38.2. The second kappa shape index (κ2) is 45.8. The number of nitrogens with two attached hydrogens (primary N) is 1. The molecule has 614 valence electrons. The lowest BCUT2D eigenvalue weighted by atomic mass is 9.90. The number of primary amides is 1. The zero-order valence-electron chi connectivity index (χ0n) is 65.3. The second-order valence-corrected chi connectivity index (χ2v) is 30.3. The Kier molecular flexibility index (Phi) is 38.1. The van der Waals surface area contributed by atoms with Crippen LogP contribution in [0.4, 0.5) is 8.78 Å². The van der Waals surface area contributed by atoms with E-state index in [4.69, 9.17) is 5.73 Å². The summed E-state index contributed by atoms with van der Waals surface area (Å²) >= 11 is 0. The molecule has 1 aromatic heterocycles. The normalized spacial score (nSPS) is 23.5. The second-order valence-electron chi connectivity index (χ2n) is 30.3. The van der Waals surface area contributed by atoms with Crippen molar-refractivity contribution in [2.45, 2.75) is 262 Å². The minimum atomic E-state index is -2.13. The number of hydrogen-bond donors (Lipinski definition) is 16. The highest BCUT2D eigenvalue weighted by Crippen LogP contribution is 2.24. The minimum Gasteiger partial charge on any atom is -0.508 e. The zero-order chi connectivity index (χ0) is 83.0. The van der Waals surface area contributed by atoms with Gasteiger partial charge >= 0.3 is 5.97 Å². The van der Waals surface area contributed by atoms with Gasteiger partial charge in [0.1, 0.15) is 29.7 Å². The molecule has 4 aromatic rings. The summed E-state index contributed by atoms with van der Waals surface area (Å²) in [5.74, 6) is -15.3. The molecule has 0 aliphatic carbocycles. The van der Waals surface area contributed by atoms with Crippen LogP contribution in [0.1, 0.15) is 188 Å². The molecule has 0 saturated carbocycles. The molecule has 32 heteroatoms. The van der Waals surface area contributed by atoms with E-state index in [1.54, 1.807) is 51.2 Å². The van der Waals surface area contributed by atoms with E-state index in [9.17, 15) is 72.0 Å². The number of aromatic hydroxyl groups is 1. The number of amides is 5. The molecule has 1 aliphatic heterocycles. The maximum absolute atomic E-state index is 15.4. The Bertz CT molecular complexity index is 3950. The number of fused-ring (bicyclic) bond motifs is 1. The molecule has 17 N–H and O–H groups in total. The van der Waals surface area contributed by atoms with Gasteiger partial charge in [-0.3, -0.25) is 62.3 Å². The van der Waals surface area contributed by atoms with Crippen LogP contribution in [0.15, 0.2) is 85.1 Å². The number of nitrogens with one attached hydrogen (secondary N) is 12. The van der Waals surface area contributed by atoms with Crippen molar-refractivity contribution in [3.05, 3.63) is 113 Å². The number of rotatable bonds is 28. The fraction of sp³-hybridized carbons (Fsp3) is 0.550. The van der Waals surface area contributed by atoms with E-state index < -0.39 is 191 Å². The Morgan fingerprint density at radius 3 is 1.96 bits per heavy atom. The summed E-state index contributed by atoms with van der Waals surface area (Å²) in [5.41, 5.74) is 20.4. The smallest absolute Gasteiger partial charge is 0.303 e. The van der Waals surface area contributed by atoms with Crippen LogP contribution in [0.25, 0.3) is 10.9 Å². The number of aliphatic hydroxyl groups is 1. The summed E-state index contributed by atoms with van der Waals surface area (Å²) in [6.45, 7) is 13.5. The summed E-state index contributed by atoms with van der Waals surface area (Å²) in [4.78, 5) is 199. The molecule has 5 amide bonds. The van der Waals surface area contributed by atoms with Gasteiger partial charge in [-0.15, -0.1) is 0 Å². The number of aliphatic carboxylic acids is 1. The number of aromatic amines is 1.